The molecule has 0 aliphatic rings. The summed E-state index contributed by atoms with van der Waals surface area (Å²) in [4.78, 5) is 126. The molecule has 1 heterocycles. The Morgan fingerprint density at radius 1 is 0.556 bits per heavy atom. The summed E-state index contributed by atoms with van der Waals surface area (Å²) in [5.74, 6) is -9.15. The van der Waals surface area contributed by atoms with Gasteiger partial charge in [0.2, 0.25) is 53.2 Å². The molecule has 0 spiro atoms. The van der Waals surface area contributed by atoms with Gasteiger partial charge in [0, 0.05) is 36.5 Å². The number of rotatable bonds is 29. The largest absolute Gasteiger partial charge is 0.394 e. The summed E-state index contributed by atoms with van der Waals surface area (Å²) in [6.45, 7) is 2.92. The second-order valence-corrected chi connectivity index (χ2v) is 17.3. The van der Waals surface area contributed by atoms with Crippen molar-refractivity contribution in [3.63, 3.8) is 0 Å². The highest BCUT2D eigenvalue weighted by molar-refractivity contribution is 5.98. The topological polar surface area (TPSA) is 443 Å². The van der Waals surface area contributed by atoms with E-state index in [2.05, 4.69) is 52.5 Å². The number of aliphatic hydroxyl groups is 3. The maximum Gasteiger partial charge on any atom is 0.245 e. The maximum atomic E-state index is 13.8. The van der Waals surface area contributed by atoms with Crippen LogP contribution in [0.5, 0.6) is 0 Å². The van der Waals surface area contributed by atoms with Gasteiger partial charge in [-0.05, 0) is 49.8 Å². The summed E-state index contributed by atoms with van der Waals surface area (Å²) in [5.41, 5.74) is 24.1. The molecule has 0 aliphatic heterocycles. The molecule has 2 aromatic carbocycles. The Balaban J connectivity index is 1.71. The summed E-state index contributed by atoms with van der Waals surface area (Å²) < 4.78 is 0. The number of carbonyl (C=O) groups excluding carboxylic acids is 9. The van der Waals surface area contributed by atoms with Gasteiger partial charge in [-0.15, -0.1) is 0 Å². The molecule has 0 saturated carbocycles. The van der Waals surface area contributed by atoms with Crippen LogP contribution in [0.15, 0.2) is 65.8 Å². The van der Waals surface area contributed by atoms with E-state index in [0.717, 1.165) is 5.52 Å². The van der Waals surface area contributed by atoms with E-state index in [1.165, 1.54) is 13.8 Å². The average Bonchev–Trinajstić information content (AvgIpc) is 3.75. The van der Waals surface area contributed by atoms with Crippen LogP contribution < -0.4 is 65.5 Å². The summed E-state index contributed by atoms with van der Waals surface area (Å²) in [5, 5.41) is 50.2. The van der Waals surface area contributed by atoms with Crippen LogP contribution in [0.3, 0.4) is 0 Å². The predicted octanol–water partition coefficient (Wildman–Crippen LogP) is -5.63. The van der Waals surface area contributed by atoms with Crippen molar-refractivity contribution in [2.75, 3.05) is 26.4 Å². The van der Waals surface area contributed by atoms with Gasteiger partial charge in [0.05, 0.1) is 25.9 Å². The lowest BCUT2D eigenvalue weighted by atomic mass is 10.0. The van der Waals surface area contributed by atoms with Gasteiger partial charge in [-0.3, -0.25) is 48.1 Å². The number of H-pyrrole nitrogens is 1. The standard InChI is InChI=1S/C46H68N14O12/c1-23(2)36(45(72)54-30(15-10-16-51-46(49)50)40(67)55-31(37(48)64)17-26-11-6-5-7-12-26)60-44(71)35(22-63)59-43(70)34(21-62)58-39(66)25(4)53-41(68)32(18-27-19-52-29-14-9-8-13-28(27)29)56-42(69)33(20-61)57-38(65)24(3)47/h5-9,11-14,19,23-25,30-36,52,61-63H,10,15-18,20-22,47H2,1-4H3,(H2,48,64)(H,53,68)(H,54,72)(H,55,67)(H,56,69)(H,57,65)(H,58,66)(H,59,70)(H,60,71)(H4,49,50,51)/t24-,25-,30-,31-,32-,33-,34-,35-,36-/m0/s1. The molecule has 0 fully saturated rings. The Kier molecular flexibility index (Phi) is 23.5. The molecule has 394 valence electrons. The molecule has 0 unspecified atom stereocenters. The van der Waals surface area contributed by atoms with Crippen molar-refractivity contribution in [3.8, 4) is 0 Å². The number of hydrogen-bond acceptors (Lipinski definition) is 14. The molecule has 0 radical (unpaired) electrons. The molecule has 20 N–H and O–H groups in total. The van der Waals surface area contributed by atoms with Crippen molar-refractivity contribution in [2.24, 2.45) is 33.8 Å². The van der Waals surface area contributed by atoms with Crippen LogP contribution in [0.2, 0.25) is 0 Å². The Labute approximate surface area is 415 Å². The van der Waals surface area contributed by atoms with Crippen molar-refractivity contribution >= 4 is 70.0 Å². The Bertz CT molecular complexity index is 2380. The number of primary amides is 1. The molecule has 3 aromatic rings. The second-order valence-electron chi connectivity index (χ2n) is 17.3. The predicted molar refractivity (Wildman–Crippen MR) is 262 cm³/mol. The van der Waals surface area contributed by atoms with Crippen LogP contribution in [-0.2, 0) is 56.0 Å². The molecule has 72 heavy (non-hydrogen) atoms. The van der Waals surface area contributed by atoms with Gasteiger partial charge in [0.25, 0.3) is 0 Å². The average molecular weight is 1010 g/mol. The highest BCUT2D eigenvalue weighted by Gasteiger charge is 2.35. The molecular weight excluding hydrogens is 941 g/mol. The third-order valence-electron chi connectivity index (χ3n) is 11.1. The van der Waals surface area contributed by atoms with Crippen molar-refractivity contribution in [1.82, 2.24) is 47.5 Å². The lowest BCUT2D eigenvalue weighted by Gasteiger charge is -2.28. The minimum Gasteiger partial charge on any atom is -0.394 e. The van der Waals surface area contributed by atoms with Crippen LogP contribution in [0.1, 0.15) is 51.7 Å². The molecule has 9 amide bonds. The summed E-state index contributed by atoms with van der Waals surface area (Å²) >= 11 is 0. The number of para-hydroxylation sites is 1. The fourth-order valence-electron chi connectivity index (χ4n) is 7.00. The number of hydrogen-bond donors (Lipinski definition) is 16. The smallest absolute Gasteiger partial charge is 0.245 e. The monoisotopic (exact) mass is 1010 g/mol. The van der Waals surface area contributed by atoms with Crippen LogP contribution >= 0.6 is 0 Å². The quantitative estimate of drug-likeness (QED) is 0.0175. The zero-order valence-electron chi connectivity index (χ0n) is 40.5. The van der Waals surface area contributed by atoms with E-state index in [4.69, 9.17) is 22.9 Å². The molecule has 26 nitrogen and oxygen atoms in total. The van der Waals surface area contributed by atoms with Gasteiger partial charge in [-0.2, -0.15) is 0 Å². The normalized spacial score (nSPS) is 14.8. The number of guanidine groups is 1. The number of nitrogens with zero attached hydrogens (tertiary/aromatic N) is 1. The Morgan fingerprint density at radius 3 is 1.60 bits per heavy atom. The molecule has 3 rings (SSSR count). The van der Waals surface area contributed by atoms with E-state index in [1.807, 2.05) is 0 Å². The Hall–Kier alpha value is -7.68. The first-order valence-electron chi connectivity index (χ1n) is 23.0. The first kappa shape index (κ1) is 58.6. The zero-order chi connectivity index (χ0) is 53.7. The number of benzene rings is 2. The lowest BCUT2D eigenvalue weighted by Crippen LogP contribution is -2.62. The fourth-order valence-corrected chi connectivity index (χ4v) is 7.00. The number of amides is 9. The van der Waals surface area contributed by atoms with Gasteiger partial charge in [0.1, 0.15) is 48.3 Å². The lowest BCUT2D eigenvalue weighted by molar-refractivity contribution is -0.137. The van der Waals surface area contributed by atoms with Crippen molar-refractivity contribution in [2.45, 2.75) is 108 Å². The van der Waals surface area contributed by atoms with Crippen molar-refractivity contribution in [1.29, 1.82) is 0 Å². The number of nitrogens with two attached hydrogens (primary N) is 4. The fraction of sp³-hybridized carbons (Fsp3) is 0.478. The van der Waals surface area contributed by atoms with E-state index in [1.54, 1.807) is 74.6 Å². The first-order valence-corrected chi connectivity index (χ1v) is 23.0. The maximum absolute atomic E-state index is 13.8. The molecule has 9 atom stereocenters. The van der Waals surface area contributed by atoms with Gasteiger partial charge in [0.15, 0.2) is 5.96 Å². The minimum atomic E-state index is -1.76. The summed E-state index contributed by atoms with van der Waals surface area (Å²) in [7, 11) is 0. The first-order chi connectivity index (χ1) is 34.1. The van der Waals surface area contributed by atoms with E-state index >= 15 is 0 Å². The zero-order valence-corrected chi connectivity index (χ0v) is 40.5. The van der Waals surface area contributed by atoms with E-state index in [-0.39, 0.29) is 38.2 Å². The third-order valence-corrected chi connectivity index (χ3v) is 11.1. The number of carbonyl (C=O) groups is 9. The number of aliphatic imine (C=N–C) groups is 1. The number of aromatic amines is 1. The van der Waals surface area contributed by atoms with Crippen molar-refractivity contribution < 1.29 is 58.5 Å². The number of nitrogens with one attached hydrogen (secondary N) is 9. The second kappa shape index (κ2) is 28.9. The molecular formula is C46H68N14O12. The molecule has 0 bridgehead atoms. The molecule has 0 aliphatic carbocycles. The van der Waals surface area contributed by atoms with Gasteiger partial charge in [-0.25, -0.2) is 0 Å². The molecule has 26 heteroatoms. The Morgan fingerprint density at radius 2 is 1.04 bits per heavy atom. The van der Waals surface area contributed by atoms with Gasteiger partial charge < -0.3 is 85.8 Å². The SMILES string of the molecule is CC(C)[C@H](NC(=O)[C@H](CO)NC(=O)[C@H](CO)NC(=O)[C@H](C)NC(=O)[C@H](Cc1c[nH]c2ccccc12)NC(=O)[C@H](CO)NC(=O)[C@H](C)N)C(=O)N[C@@H](CCCN=C(N)N)C(=O)N[C@@H](Cc1ccccc1)C(N)=O. The highest BCUT2D eigenvalue weighted by Crippen LogP contribution is 2.19. The van der Waals surface area contributed by atoms with E-state index in [9.17, 15) is 58.5 Å². The van der Waals surface area contributed by atoms with E-state index < -0.39 is 133 Å². The van der Waals surface area contributed by atoms with Crippen LogP contribution in [0, 0.1) is 5.92 Å². The number of aliphatic hydroxyl groups excluding tert-OH is 3. The third kappa shape index (κ3) is 18.2. The highest BCUT2D eigenvalue weighted by atomic mass is 16.3. The van der Waals surface area contributed by atoms with Gasteiger partial charge >= 0.3 is 0 Å². The molecule has 1 aromatic heterocycles. The van der Waals surface area contributed by atoms with E-state index in [0.29, 0.717) is 16.5 Å². The van der Waals surface area contributed by atoms with Crippen LogP contribution in [0.4, 0.5) is 0 Å². The van der Waals surface area contributed by atoms with Crippen LogP contribution in [0.25, 0.3) is 10.9 Å². The summed E-state index contributed by atoms with van der Waals surface area (Å²) in [6, 6.07) is 3.14. The molecule has 0 saturated heterocycles. The van der Waals surface area contributed by atoms with Gasteiger partial charge in [-0.1, -0.05) is 62.4 Å². The number of aromatic nitrogens is 1. The number of fused-ring (bicyclic) bond motifs is 1. The van der Waals surface area contributed by atoms with Crippen LogP contribution in [-0.4, -0.2) is 160 Å². The minimum absolute atomic E-state index is 0.0288. The van der Waals surface area contributed by atoms with Crippen molar-refractivity contribution in [3.05, 3.63) is 71.9 Å². The summed E-state index contributed by atoms with van der Waals surface area (Å²) in [6.07, 6.45) is 1.69.